The van der Waals surface area contributed by atoms with Gasteiger partial charge in [0.05, 0.1) is 4.90 Å². The average Bonchev–Trinajstić information content (AvgIpc) is 2.46. The van der Waals surface area contributed by atoms with E-state index in [4.69, 9.17) is 0 Å². The first-order chi connectivity index (χ1) is 9.18. The molecule has 0 aliphatic heterocycles. The summed E-state index contributed by atoms with van der Waals surface area (Å²) in [6, 6.07) is 9.05. The zero-order chi connectivity index (χ0) is 13.6. The number of nitrogens with one attached hydrogen (secondary N) is 2. The Morgan fingerprint density at radius 2 is 1.68 bits per heavy atom. The fourth-order valence-corrected chi connectivity index (χ4v) is 3.50. The highest BCUT2D eigenvalue weighted by atomic mass is 32.2. The highest BCUT2D eigenvalue weighted by Gasteiger charge is 2.14. The van der Waals surface area contributed by atoms with Gasteiger partial charge < -0.3 is 5.32 Å². The molecule has 0 heterocycles. The van der Waals surface area contributed by atoms with Crippen LogP contribution < -0.4 is 10.0 Å². The Labute approximate surface area is 115 Å². The van der Waals surface area contributed by atoms with Crippen LogP contribution in [0.15, 0.2) is 35.2 Å². The minimum atomic E-state index is -3.35. The van der Waals surface area contributed by atoms with E-state index in [9.17, 15) is 8.42 Å². The molecular formula is C14H22N2O2S. The summed E-state index contributed by atoms with van der Waals surface area (Å²) in [4.78, 5) is 0.327. The second kappa shape index (κ2) is 7.03. The lowest BCUT2D eigenvalue weighted by Gasteiger charge is -2.22. The van der Waals surface area contributed by atoms with Crippen molar-refractivity contribution in [3.63, 3.8) is 0 Å². The molecule has 1 aliphatic carbocycles. The van der Waals surface area contributed by atoms with E-state index in [2.05, 4.69) is 10.0 Å². The Morgan fingerprint density at radius 1 is 1.00 bits per heavy atom. The lowest BCUT2D eigenvalue weighted by atomic mass is 9.96. The van der Waals surface area contributed by atoms with Crippen molar-refractivity contribution in [3.05, 3.63) is 30.3 Å². The molecule has 2 rings (SSSR count). The Bertz CT molecular complexity index is 467. The Morgan fingerprint density at radius 3 is 2.37 bits per heavy atom. The van der Waals surface area contributed by atoms with E-state index >= 15 is 0 Å². The molecule has 0 amide bonds. The van der Waals surface area contributed by atoms with E-state index in [0.717, 1.165) is 0 Å². The Kier molecular flexibility index (Phi) is 5.36. The number of hydrogen-bond acceptors (Lipinski definition) is 3. The first kappa shape index (κ1) is 14.5. The molecule has 19 heavy (non-hydrogen) atoms. The largest absolute Gasteiger partial charge is 0.313 e. The van der Waals surface area contributed by atoms with Crippen LogP contribution in [0.4, 0.5) is 0 Å². The van der Waals surface area contributed by atoms with Gasteiger partial charge in [-0.25, -0.2) is 13.1 Å². The van der Waals surface area contributed by atoms with E-state index in [1.54, 1.807) is 24.3 Å². The third-order valence-electron chi connectivity index (χ3n) is 3.51. The normalized spacial score (nSPS) is 17.5. The van der Waals surface area contributed by atoms with Gasteiger partial charge in [0.1, 0.15) is 0 Å². The third kappa shape index (κ3) is 4.60. The van der Waals surface area contributed by atoms with E-state index in [-0.39, 0.29) is 0 Å². The van der Waals surface area contributed by atoms with Crippen LogP contribution in [0.5, 0.6) is 0 Å². The fraction of sp³-hybridized carbons (Fsp3) is 0.571. The van der Waals surface area contributed by atoms with Crippen LogP contribution in [0.25, 0.3) is 0 Å². The minimum Gasteiger partial charge on any atom is -0.313 e. The summed E-state index contributed by atoms with van der Waals surface area (Å²) in [5, 5.41) is 3.42. The molecule has 0 radical (unpaired) electrons. The highest BCUT2D eigenvalue weighted by Crippen LogP contribution is 2.16. The van der Waals surface area contributed by atoms with Crippen molar-refractivity contribution in [3.8, 4) is 0 Å². The third-order valence-corrected chi connectivity index (χ3v) is 4.99. The van der Waals surface area contributed by atoms with E-state index in [1.165, 1.54) is 32.1 Å². The molecular weight excluding hydrogens is 260 g/mol. The van der Waals surface area contributed by atoms with Crippen LogP contribution in [0.3, 0.4) is 0 Å². The quantitative estimate of drug-likeness (QED) is 0.783. The van der Waals surface area contributed by atoms with Gasteiger partial charge in [-0.05, 0) is 25.0 Å². The summed E-state index contributed by atoms with van der Waals surface area (Å²) in [6.07, 6.45) is 6.33. The monoisotopic (exact) mass is 282 g/mol. The second-order valence-corrected chi connectivity index (χ2v) is 6.77. The topological polar surface area (TPSA) is 58.2 Å². The number of sulfonamides is 1. The predicted octanol–water partition coefficient (Wildman–Crippen LogP) is 1.89. The predicted molar refractivity (Wildman–Crippen MR) is 76.5 cm³/mol. The van der Waals surface area contributed by atoms with Crippen molar-refractivity contribution < 1.29 is 8.42 Å². The molecule has 106 valence electrons. The van der Waals surface area contributed by atoms with Gasteiger partial charge in [0, 0.05) is 19.1 Å². The van der Waals surface area contributed by atoms with Crippen LogP contribution in [-0.2, 0) is 10.0 Å². The second-order valence-electron chi connectivity index (χ2n) is 5.00. The van der Waals surface area contributed by atoms with E-state index < -0.39 is 10.0 Å². The van der Waals surface area contributed by atoms with Gasteiger partial charge in [-0.1, -0.05) is 37.5 Å². The van der Waals surface area contributed by atoms with Crippen LogP contribution in [0.2, 0.25) is 0 Å². The van der Waals surface area contributed by atoms with Gasteiger partial charge in [-0.2, -0.15) is 0 Å². The summed E-state index contributed by atoms with van der Waals surface area (Å²) in [6.45, 7) is 1.13. The first-order valence-electron chi connectivity index (χ1n) is 6.96. The van der Waals surface area contributed by atoms with Crippen molar-refractivity contribution in [2.75, 3.05) is 13.1 Å². The van der Waals surface area contributed by atoms with Crippen molar-refractivity contribution in [1.82, 2.24) is 10.0 Å². The molecule has 1 saturated carbocycles. The standard InChI is InChI=1S/C14H22N2O2S/c17-19(18,14-9-5-2-6-10-14)16-12-11-15-13-7-3-1-4-8-13/h2,5-6,9-10,13,15-16H,1,3-4,7-8,11-12H2. The first-order valence-corrected chi connectivity index (χ1v) is 8.45. The molecule has 1 aromatic carbocycles. The summed E-state index contributed by atoms with van der Waals surface area (Å²) in [7, 11) is -3.35. The average molecular weight is 282 g/mol. The van der Waals surface area contributed by atoms with Gasteiger partial charge >= 0.3 is 0 Å². The Balaban J connectivity index is 1.73. The zero-order valence-corrected chi connectivity index (χ0v) is 12.0. The number of benzene rings is 1. The van der Waals surface area contributed by atoms with Crippen molar-refractivity contribution in [2.24, 2.45) is 0 Å². The molecule has 0 aromatic heterocycles. The summed E-state index contributed by atoms with van der Waals surface area (Å²) in [5.41, 5.74) is 0. The van der Waals surface area contributed by atoms with Crippen LogP contribution >= 0.6 is 0 Å². The molecule has 1 aliphatic rings. The molecule has 0 bridgehead atoms. The summed E-state index contributed by atoms with van der Waals surface area (Å²) >= 11 is 0. The molecule has 0 atom stereocenters. The molecule has 4 nitrogen and oxygen atoms in total. The minimum absolute atomic E-state index is 0.327. The van der Waals surface area contributed by atoms with Crippen LogP contribution in [-0.4, -0.2) is 27.5 Å². The number of rotatable bonds is 6. The molecule has 1 aromatic rings. The van der Waals surface area contributed by atoms with Crippen LogP contribution in [0.1, 0.15) is 32.1 Å². The lowest BCUT2D eigenvalue weighted by molar-refractivity contribution is 0.375. The number of hydrogen-bond donors (Lipinski definition) is 2. The summed E-state index contributed by atoms with van der Waals surface area (Å²) in [5.74, 6) is 0. The van der Waals surface area contributed by atoms with Crippen molar-refractivity contribution in [1.29, 1.82) is 0 Å². The van der Waals surface area contributed by atoms with Gasteiger partial charge in [-0.15, -0.1) is 0 Å². The maximum absolute atomic E-state index is 11.9. The van der Waals surface area contributed by atoms with Gasteiger partial charge in [0.2, 0.25) is 10.0 Å². The van der Waals surface area contributed by atoms with Gasteiger partial charge in [0.25, 0.3) is 0 Å². The highest BCUT2D eigenvalue weighted by molar-refractivity contribution is 7.89. The molecule has 0 unspecified atom stereocenters. The zero-order valence-electron chi connectivity index (χ0n) is 11.1. The van der Waals surface area contributed by atoms with Gasteiger partial charge in [-0.3, -0.25) is 0 Å². The fourth-order valence-electron chi connectivity index (χ4n) is 2.45. The molecule has 0 spiro atoms. The summed E-state index contributed by atoms with van der Waals surface area (Å²) < 4.78 is 26.5. The van der Waals surface area contributed by atoms with E-state index in [0.29, 0.717) is 24.0 Å². The molecule has 1 fully saturated rings. The SMILES string of the molecule is O=S(=O)(NCCNC1CCCCC1)c1ccccc1. The van der Waals surface area contributed by atoms with Crippen molar-refractivity contribution >= 4 is 10.0 Å². The molecule has 5 heteroatoms. The van der Waals surface area contributed by atoms with E-state index in [1.807, 2.05) is 6.07 Å². The molecule has 2 N–H and O–H groups in total. The maximum Gasteiger partial charge on any atom is 0.240 e. The smallest absolute Gasteiger partial charge is 0.240 e. The molecule has 0 saturated heterocycles. The van der Waals surface area contributed by atoms with Crippen molar-refractivity contribution in [2.45, 2.75) is 43.0 Å². The van der Waals surface area contributed by atoms with Crippen LogP contribution in [0, 0.1) is 0 Å². The Hall–Kier alpha value is -0.910. The lowest BCUT2D eigenvalue weighted by Crippen LogP contribution is -2.37. The maximum atomic E-state index is 11.9. The van der Waals surface area contributed by atoms with Gasteiger partial charge in [0.15, 0.2) is 0 Å².